The molecule has 0 aromatic rings. The van der Waals surface area contributed by atoms with Crippen molar-refractivity contribution in [1.29, 1.82) is 0 Å². The van der Waals surface area contributed by atoms with Crippen LogP contribution in [0.3, 0.4) is 0 Å². The molecule has 0 aliphatic carbocycles. The van der Waals surface area contributed by atoms with Crippen LogP contribution in [0.15, 0.2) is 0 Å². The first-order valence-corrected chi connectivity index (χ1v) is 4.34. The minimum absolute atomic E-state index is 0.410. The first-order valence-electron chi connectivity index (χ1n) is 3.82. The Balaban J connectivity index is 1.99. The monoisotopic (exact) mass is 159 g/mol. The Hall–Kier alpha value is 0.270. The van der Waals surface area contributed by atoms with E-state index in [2.05, 4.69) is 24.5 Å². The van der Waals surface area contributed by atoms with Crippen LogP contribution in [0.5, 0.6) is 0 Å². The van der Waals surface area contributed by atoms with E-state index in [1.807, 2.05) is 0 Å². The maximum absolute atomic E-state index is 5.34. The fraction of sp³-hybridized carbons (Fsp3) is 1.00. The number of hydrogen-bond acceptors (Lipinski definition) is 3. The first kappa shape index (κ1) is 6.95. The van der Waals surface area contributed by atoms with Gasteiger partial charge in [-0.05, 0) is 13.3 Å². The van der Waals surface area contributed by atoms with Crippen molar-refractivity contribution in [2.24, 2.45) is 0 Å². The maximum atomic E-state index is 5.34. The summed E-state index contributed by atoms with van der Waals surface area (Å²) >= 11 is 4.40. The molecule has 10 heavy (non-hydrogen) atoms. The molecule has 3 aliphatic heterocycles. The topological polar surface area (TPSA) is 12.5 Å². The van der Waals surface area contributed by atoms with E-state index in [1.54, 1.807) is 0 Å². The minimum atomic E-state index is 0.410. The molecule has 3 rings (SSSR count). The predicted molar refractivity (Wildman–Crippen MR) is 43.3 cm³/mol. The second-order valence-electron chi connectivity index (χ2n) is 3.16. The SMILES string of the molecule is CC(S)N1C2COCC1C2. The predicted octanol–water partition coefficient (Wildman–Crippen LogP) is 0.735. The van der Waals surface area contributed by atoms with Gasteiger partial charge in [-0.3, -0.25) is 4.90 Å². The van der Waals surface area contributed by atoms with E-state index in [-0.39, 0.29) is 0 Å². The highest BCUT2D eigenvalue weighted by Gasteiger charge is 2.43. The molecule has 0 spiro atoms. The molecular formula is C7H13NOS. The van der Waals surface area contributed by atoms with E-state index in [0.29, 0.717) is 17.5 Å². The van der Waals surface area contributed by atoms with Crippen molar-refractivity contribution >= 4 is 12.6 Å². The summed E-state index contributed by atoms with van der Waals surface area (Å²) in [6.45, 7) is 3.97. The molecule has 3 aliphatic rings. The van der Waals surface area contributed by atoms with Gasteiger partial charge in [0.05, 0.1) is 18.6 Å². The van der Waals surface area contributed by atoms with Gasteiger partial charge in [-0.1, -0.05) is 0 Å². The smallest absolute Gasteiger partial charge is 0.0623 e. The molecule has 0 radical (unpaired) electrons. The summed E-state index contributed by atoms with van der Waals surface area (Å²) in [6, 6.07) is 1.34. The summed E-state index contributed by atoms with van der Waals surface area (Å²) in [5.41, 5.74) is 0. The molecule has 3 atom stereocenters. The number of thiol groups is 1. The van der Waals surface area contributed by atoms with Crippen molar-refractivity contribution in [2.45, 2.75) is 30.8 Å². The Morgan fingerprint density at radius 3 is 2.40 bits per heavy atom. The van der Waals surface area contributed by atoms with Crippen molar-refractivity contribution in [2.75, 3.05) is 13.2 Å². The van der Waals surface area contributed by atoms with E-state index < -0.39 is 0 Å². The molecule has 3 heterocycles. The summed E-state index contributed by atoms with van der Waals surface area (Å²) in [5, 5.41) is 0.410. The van der Waals surface area contributed by atoms with Gasteiger partial charge in [0, 0.05) is 12.1 Å². The highest BCUT2D eigenvalue weighted by Crippen LogP contribution is 2.33. The molecule has 3 fully saturated rings. The van der Waals surface area contributed by atoms with Gasteiger partial charge in [0.2, 0.25) is 0 Å². The van der Waals surface area contributed by atoms with Crippen LogP contribution in [0.25, 0.3) is 0 Å². The van der Waals surface area contributed by atoms with Crippen LogP contribution in [0.4, 0.5) is 0 Å². The van der Waals surface area contributed by atoms with E-state index in [0.717, 1.165) is 13.2 Å². The van der Waals surface area contributed by atoms with Gasteiger partial charge in [-0.15, -0.1) is 0 Å². The summed E-state index contributed by atoms with van der Waals surface area (Å²) in [6.07, 6.45) is 1.32. The second kappa shape index (κ2) is 2.40. The first-order chi connectivity index (χ1) is 4.79. The van der Waals surface area contributed by atoms with Gasteiger partial charge < -0.3 is 4.74 Å². The van der Waals surface area contributed by atoms with Crippen LogP contribution in [-0.2, 0) is 4.74 Å². The van der Waals surface area contributed by atoms with Crippen molar-refractivity contribution < 1.29 is 4.74 Å². The molecule has 0 N–H and O–H groups in total. The lowest BCUT2D eigenvalue weighted by atomic mass is 9.92. The van der Waals surface area contributed by atoms with E-state index in [9.17, 15) is 0 Å². The Kier molecular flexibility index (Phi) is 1.66. The summed E-state index contributed by atoms with van der Waals surface area (Å²) in [5.74, 6) is 0. The van der Waals surface area contributed by atoms with E-state index in [4.69, 9.17) is 4.74 Å². The molecule has 2 nitrogen and oxygen atoms in total. The number of rotatable bonds is 1. The molecule has 58 valence electrons. The third-order valence-corrected chi connectivity index (χ3v) is 2.71. The number of morpholine rings is 1. The molecule has 0 saturated carbocycles. The van der Waals surface area contributed by atoms with Crippen LogP contribution in [0.2, 0.25) is 0 Å². The lowest BCUT2D eigenvalue weighted by molar-refractivity contribution is -0.129. The summed E-state index contributed by atoms with van der Waals surface area (Å²) < 4.78 is 5.34. The lowest BCUT2D eigenvalue weighted by Crippen LogP contribution is -2.65. The molecule has 3 saturated heterocycles. The standard InChI is InChI=1S/C7H13NOS/c1-5(10)8-6-2-7(8)4-9-3-6/h5-7,10H,2-4H2,1H3. The average molecular weight is 159 g/mol. The largest absolute Gasteiger partial charge is 0.378 e. The number of nitrogens with zero attached hydrogens (tertiary/aromatic N) is 1. The minimum Gasteiger partial charge on any atom is -0.378 e. The van der Waals surface area contributed by atoms with Gasteiger partial charge in [-0.25, -0.2) is 0 Å². The molecule has 3 unspecified atom stereocenters. The Labute approximate surface area is 66.9 Å². The Bertz CT molecular complexity index is 126. The van der Waals surface area contributed by atoms with Crippen molar-refractivity contribution in [3.05, 3.63) is 0 Å². The fourth-order valence-electron chi connectivity index (χ4n) is 1.98. The number of fused-ring (bicyclic) bond motifs is 2. The Morgan fingerprint density at radius 2 is 2.10 bits per heavy atom. The van der Waals surface area contributed by atoms with E-state index >= 15 is 0 Å². The molecule has 0 aromatic carbocycles. The van der Waals surface area contributed by atoms with Crippen LogP contribution in [-0.4, -0.2) is 35.6 Å². The zero-order valence-electron chi connectivity index (χ0n) is 6.16. The highest BCUT2D eigenvalue weighted by molar-refractivity contribution is 7.80. The molecule has 0 amide bonds. The van der Waals surface area contributed by atoms with Crippen LogP contribution in [0, 0.1) is 0 Å². The number of hydrogen-bond donors (Lipinski definition) is 1. The van der Waals surface area contributed by atoms with Crippen LogP contribution in [0.1, 0.15) is 13.3 Å². The number of ether oxygens (including phenoxy) is 1. The fourth-order valence-corrected chi connectivity index (χ4v) is 2.35. The quantitative estimate of drug-likeness (QED) is 0.566. The van der Waals surface area contributed by atoms with Crippen molar-refractivity contribution in [3.63, 3.8) is 0 Å². The lowest BCUT2D eigenvalue weighted by Gasteiger charge is -2.54. The van der Waals surface area contributed by atoms with Crippen LogP contribution >= 0.6 is 12.6 Å². The van der Waals surface area contributed by atoms with Gasteiger partial charge in [0.15, 0.2) is 0 Å². The normalized spacial score (nSPS) is 42.6. The zero-order valence-corrected chi connectivity index (χ0v) is 7.05. The molecule has 2 bridgehead atoms. The van der Waals surface area contributed by atoms with Gasteiger partial charge in [0.25, 0.3) is 0 Å². The van der Waals surface area contributed by atoms with Crippen LogP contribution < -0.4 is 0 Å². The summed E-state index contributed by atoms with van der Waals surface area (Å²) in [7, 11) is 0. The van der Waals surface area contributed by atoms with Crippen molar-refractivity contribution in [3.8, 4) is 0 Å². The highest BCUT2D eigenvalue weighted by atomic mass is 32.1. The third kappa shape index (κ3) is 0.881. The summed E-state index contributed by atoms with van der Waals surface area (Å²) in [4.78, 5) is 2.44. The van der Waals surface area contributed by atoms with Gasteiger partial charge in [-0.2, -0.15) is 12.6 Å². The van der Waals surface area contributed by atoms with Gasteiger partial charge in [0.1, 0.15) is 0 Å². The third-order valence-electron chi connectivity index (χ3n) is 2.44. The average Bonchev–Trinajstić information content (AvgIpc) is 1.87. The second-order valence-corrected chi connectivity index (χ2v) is 3.91. The van der Waals surface area contributed by atoms with E-state index in [1.165, 1.54) is 6.42 Å². The molecule has 3 heteroatoms. The maximum Gasteiger partial charge on any atom is 0.0623 e. The zero-order chi connectivity index (χ0) is 7.14. The van der Waals surface area contributed by atoms with Gasteiger partial charge >= 0.3 is 0 Å². The molecular weight excluding hydrogens is 146 g/mol. The molecule has 0 aromatic heterocycles. The van der Waals surface area contributed by atoms with Crippen molar-refractivity contribution in [1.82, 2.24) is 4.90 Å². The Morgan fingerprint density at radius 1 is 1.50 bits per heavy atom.